The molecule has 4 aromatic carbocycles. The lowest BCUT2D eigenvalue weighted by molar-refractivity contribution is 0.101. The Bertz CT molecular complexity index is 1500. The molecule has 5 nitrogen and oxygen atoms in total. The Kier molecular flexibility index (Phi) is 5.40. The molecule has 162 valence electrons. The summed E-state index contributed by atoms with van der Waals surface area (Å²) in [5, 5.41) is 10.2. The van der Waals surface area contributed by atoms with Crippen LogP contribution < -0.4 is 5.32 Å². The fourth-order valence-corrected chi connectivity index (χ4v) is 4.14. The molecule has 0 saturated carbocycles. The fourth-order valence-electron chi connectivity index (χ4n) is 3.95. The second kappa shape index (κ2) is 8.52. The molecule has 0 spiro atoms. The highest BCUT2D eigenvalue weighted by Crippen LogP contribution is 2.27. The summed E-state index contributed by atoms with van der Waals surface area (Å²) < 4.78 is 1.71. The topological polar surface area (TPSA) is 59.8 Å². The number of fused-ring (bicyclic) bond motifs is 1. The van der Waals surface area contributed by atoms with E-state index in [0.717, 1.165) is 33.2 Å². The zero-order valence-corrected chi connectivity index (χ0v) is 19.0. The Morgan fingerprint density at radius 2 is 1.70 bits per heavy atom. The van der Waals surface area contributed by atoms with E-state index in [2.05, 4.69) is 21.5 Å². The van der Waals surface area contributed by atoms with Gasteiger partial charge in [-0.15, -0.1) is 5.10 Å². The molecule has 0 aliphatic carbocycles. The molecular weight excluding hydrogens is 432 g/mol. The Morgan fingerprint density at radius 3 is 2.52 bits per heavy atom. The van der Waals surface area contributed by atoms with Crippen LogP contribution in [0.1, 0.15) is 21.7 Å². The van der Waals surface area contributed by atoms with Gasteiger partial charge in [0.15, 0.2) is 5.82 Å². The minimum atomic E-state index is -0.377. The van der Waals surface area contributed by atoms with Gasteiger partial charge < -0.3 is 5.32 Å². The van der Waals surface area contributed by atoms with E-state index < -0.39 is 0 Å². The van der Waals surface area contributed by atoms with Crippen LogP contribution in [0, 0.1) is 13.8 Å². The van der Waals surface area contributed by atoms with Crippen molar-refractivity contribution >= 4 is 34.0 Å². The van der Waals surface area contributed by atoms with Gasteiger partial charge in [0.05, 0.1) is 5.69 Å². The van der Waals surface area contributed by atoms with Crippen LogP contribution in [0.5, 0.6) is 0 Å². The van der Waals surface area contributed by atoms with Crippen molar-refractivity contribution in [1.82, 2.24) is 14.8 Å². The van der Waals surface area contributed by atoms with Gasteiger partial charge >= 0.3 is 0 Å². The molecule has 0 radical (unpaired) electrons. The molecule has 1 heterocycles. The maximum Gasteiger partial charge on any atom is 0.295 e. The quantitative estimate of drug-likeness (QED) is 0.333. The summed E-state index contributed by atoms with van der Waals surface area (Å²) in [7, 11) is 0. The van der Waals surface area contributed by atoms with Crippen LogP contribution in [0.2, 0.25) is 5.02 Å². The number of halogens is 1. The molecule has 0 bridgehead atoms. The smallest absolute Gasteiger partial charge is 0.295 e. The van der Waals surface area contributed by atoms with Crippen molar-refractivity contribution in [2.75, 3.05) is 5.32 Å². The number of nitrogens with one attached hydrogen (secondary N) is 1. The van der Waals surface area contributed by atoms with Crippen LogP contribution in [-0.4, -0.2) is 20.7 Å². The number of hydrogen-bond donors (Lipinski definition) is 1. The first-order valence-electron chi connectivity index (χ1n) is 10.6. The molecule has 0 fully saturated rings. The SMILES string of the molecule is Cc1ccc(-n2nc(C(=O)Nc3cccc4ccccc34)nc2-c2cccc(Cl)c2)c(C)c1. The van der Waals surface area contributed by atoms with Gasteiger partial charge in [-0.3, -0.25) is 4.79 Å². The number of aromatic nitrogens is 3. The summed E-state index contributed by atoms with van der Waals surface area (Å²) in [5.41, 5.74) is 4.52. The summed E-state index contributed by atoms with van der Waals surface area (Å²) in [6, 6.07) is 27.2. The van der Waals surface area contributed by atoms with E-state index in [9.17, 15) is 4.79 Å². The predicted octanol–water partition coefficient (Wildman–Crippen LogP) is 6.61. The van der Waals surface area contributed by atoms with Gasteiger partial charge in [0, 0.05) is 21.7 Å². The van der Waals surface area contributed by atoms with E-state index in [0.29, 0.717) is 16.5 Å². The predicted molar refractivity (Wildman–Crippen MR) is 133 cm³/mol. The zero-order chi connectivity index (χ0) is 22.9. The number of rotatable bonds is 4. The average molecular weight is 453 g/mol. The van der Waals surface area contributed by atoms with Crippen molar-refractivity contribution in [3.8, 4) is 17.1 Å². The van der Waals surface area contributed by atoms with Crippen LogP contribution >= 0.6 is 11.6 Å². The van der Waals surface area contributed by atoms with Gasteiger partial charge in [-0.1, -0.05) is 77.8 Å². The molecule has 1 N–H and O–H groups in total. The van der Waals surface area contributed by atoms with Crippen LogP contribution in [0.25, 0.3) is 27.8 Å². The highest BCUT2D eigenvalue weighted by molar-refractivity contribution is 6.30. The third-order valence-corrected chi connectivity index (χ3v) is 5.75. The lowest BCUT2D eigenvalue weighted by Gasteiger charge is -2.10. The lowest BCUT2D eigenvalue weighted by Crippen LogP contribution is -2.14. The maximum absolute atomic E-state index is 13.2. The highest BCUT2D eigenvalue weighted by Gasteiger charge is 2.20. The van der Waals surface area contributed by atoms with Gasteiger partial charge in [-0.2, -0.15) is 0 Å². The van der Waals surface area contributed by atoms with Crippen molar-refractivity contribution in [3.05, 3.63) is 107 Å². The molecule has 0 aliphatic heterocycles. The summed E-state index contributed by atoms with van der Waals surface area (Å²) in [6.45, 7) is 4.06. The van der Waals surface area contributed by atoms with E-state index in [-0.39, 0.29) is 11.7 Å². The van der Waals surface area contributed by atoms with Crippen molar-refractivity contribution in [2.24, 2.45) is 0 Å². The minimum absolute atomic E-state index is 0.0814. The number of carbonyl (C=O) groups is 1. The summed E-state index contributed by atoms with van der Waals surface area (Å²) in [4.78, 5) is 17.8. The second-order valence-corrected chi connectivity index (χ2v) is 8.39. The van der Waals surface area contributed by atoms with Crippen LogP contribution in [-0.2, 0) is 0 Å². The largest absolute Gasteiger partial charge is 0.319 e. The number of carbonyl (C=O) groups excluding carboxylic acids is 1. The first kappa shape index (κ1) is 20.9. The normalized spacial score (nSPS) is 11.0. The average Bonchev–Trinajstić information content (AvgIpc) is 3.25. The first-order valence-corrected chi connectivity index (χ1v) is 11.0. The third-order valence-electron chi connectivity index (χ3n) is 5.51. The van der Waals surface area contributed by atoms with Crippen LogP contribution in [0.4, 0.5) is 5.69 Å². The zero-order valence-electron chi connectivity index (χ0n) is 18.2. The molecule has 5 rings (SSSR count). The summed E-state index contributed by atoms with van der Waals surface area (Å²) in [6.07, 6.45) is 0. The number of benzene rings is 4. The Labute approximate surface area is 196 Å². The first-order chi connectivity index (χ1) is 16.0. The van der Waals surface area contributed by atoms with E-state index in [1.54, 1.807) is 10.7 Å². The van der Waals surface area contributed by atoms with E-state index in [4.69, 9.17) is 11.6 Å². The molecule has 33 heavy (non-hydrogen) atoms. The van der Waals surface area contributed by atoms with Gasteiger partial charge in [0.2, 0.25) is 5.82 Å². The monoisotopic (exact) mass is 452 g/mol. The van der Waals surface area contributed by atoms with Crippen molar-refractivity contribution in [2.45, 2.75) is 13.8 Å². The van der Waals surface area contributed by atoms with Crippen LogP contribution in [0.15, 0.2) is 84.9 Å². The number of amides is 1. The van der Waals surface area contributed by atoms with E-state index >= 15 is 0 Å². The fraction of sp³-hybridized carbons (Fsp3) is 0.0741. The molecule has 0 saturated heterocycles. The van der Waals surface area contributed by atoms with Gasteiger partial charge in [0.1, 0.15) is 0 Å². The van der Waals surface area contributed by atoms with Crippen molar-refractivity contribution < 1.29 is 4.79 Å². The number of nitrogens with zero attached hydrogens (tertiary/aromatic N) is 3. The van der Waals surface area contributed by atoms with E-state index in [1.807, 2.05) is 86.6 Å². The van der Waals surface area contributed by atoms with Crippen molar-refractivity contribution in [3.63, 3.8) is 0 Å². The molecular formula is C27H21ClN4O. The Morgan fingerprint density at radius 1 is 0.909 bits per heavy atom. The number of aryl methyl sites for hydroxylation is 2. The molecule has 5 aromatic rings. The molecule has 1 amide bonds. The number of anilines is 1. The van der Waals surface area contributed by atoms with Crippen molar-refractivity contribution in [1.29, 1.82) is 0 Å². The second-order valence-electron chi connectivity index (χ2n) is 7.95. The molecule has 0 aliphatic rings. The van der Waals surface area contributed by atoms with E-state index in [1.165, 1.54) is 0 Å². The Hall–Kier alpha value is -3.96. The summed E-state index contributed by atoms with van der Waals surface area (Å²) >= 11 is 6.24. The maximum atomic E-state index is 13.2. The molecule has 6 heteroatoms. The van der Waals surface area contributed by atoms with Gasteiger partial charge in [-0.25, -0.2) is 9.67 Å². The standard InChI is InChI=1S/C27H21ClN4O/c1-17-13-14-24(18(2)15-17)32-26(20-9-5-10-21(28)16-20)30-25(31-32)27(33)29-23-12-6-8-19-7-3-4-11-22(19)23/h3-16H,1-2H3,(H,29,33). The van der Waals surface area contributed by atoms with Crippen LogP contribution in [0.3, 0.4) is 0 Å². The molecule has 1 aromatic heterocycles. The van der Waals surface area contributed by atoms with Gasteiger partial charge in [0.25, 0.3) is 5.91 Å². The molecule has 0 unspecified atom stereocenters. The lowest BCUT2D eigenvalue weighted by atomic mass is 10.1. The minimum Gasteiger partial charge on any atom is -0.319 e. The van der Waals surface area contributed by atoms with Gasteiger partial charge in [-0.05, 0) is 49.1 Å². The Balaban J connectivity index is 1.60. The number of hydrogen-bond acceptors (Lipinski definition) is 3. The summed E-state index contributed by atoms with van der Waals surface area (Å²) in [5.74, 6) is 0.253. The highest BCUT2D eigenvalue weighted by atomic mass is 35.5. The molecule has 0 atom stereocenters. The third kappa shape index (κ3) is 4.11.